The summed E-state index contributed by atoms with van der Waals surface area (Å²) in [4.78, 5) is 25.9. The molecule has 1 aromatic carbocycles. The highest BCUT2D eigenvalue weighted by molar-refractivity contribution is 5.87. The van der Waals surface area contributed by atoms with E-state index in [1.54, 1.807) is 0 Å². The van der Waals surface area contributed by atoms with Gasteiger partial charge < -0.3 is 15.5 Å². The highest BCUT2D eigenvalue weighted by atomic mass is 16.2. The zero-order chi connectivity index (χ0) is 15.9. The van der Waals surface area contributed by atoms with Gasteiger partial charge in [-0.3, -0.25) is 9.59 Å². The first-order chi connectivity index (χ1) is 10.6. The first kappa shape index (κ1) is 16.3. The quantitative estimate of drug-likeness (QED) is 0.866. The van der Waals surface area contributed by atoms with Gasteiger partial charge >= 0.3 is 0 Å². The van der Waals surface area contributed by atoms with E-state index in [1.807, 2.05) is 37.2 Å². The summed E-state index contributed by atoms with van der Waals surface area (Å²) in [6.07, 6.45) is 3.76. The minimum atomic E-state index is -0.372. The summed E-state index contributed by atoms with van der Waals surface area (Å²) < 4.78 is 0. The number of carbonyl (C=O) groups is 2. The van der Waals surface area contributed by atoms with E-state index in [9.17, 15) is 9.59 Å². The molecule has 5 heteroatoms. The summed E-state index contributed by atoms with van der Waals surface area (Å²) in [6, 6.07) is 7.79. The number of rotatable bonds is 5. The second-order valence-corrected chi connectivity index (χ2v) is 5.97. The average molecular weight is 303 g/mol. The molecule has 22 heavy (non-hydrogen) atoms. The third-order valence-corrected chi connectivity index (χ3v) is 3.94. The molecular weight excluding hydrogens is 278 g/mol. The van der Waals surface area contributed by atoms with Crippen molar-refractivity contribution >= 4 is 17.5 Å². The molecule has 5 nitrogen and oxygen atoms in total. The standard InChI is InChI=1S/C17H25N3O2/c1-20(2)14-7-5-6-13(12-14)9-10-16(21)19-15-8-3-4-11-18-17(15)22/h5-7,12,15H,3-4,8-11H2,1-2H3,(H,18,22)(H,19,21). The highest BCUT2D eigenvalue weighted by Gasteiger charge is 2.21. The maximum Gasteiger partial charge on any atom is 0.242 e. The lowest BCUT2D eigenvalue weighted by atomic mass is 10.1. The molecule has 1 aromatic rings. The van der Waals surface area contributed by atoms with Crippen LogP contribution in [0.4, 0.5) is 5.69 Å². The number of carbonyl (C=O) groups excluding carboxylic acids is 2. The summed E-state index contributed by atoms with van der Waals surface area (Å²) in [5, 5.41) is 5.69. The number of anilines is 1. The fourth-order valence-electron chi connectivity index (χ4n) is 2.59. The van der Waals surface area contributed by atoms with Crippen molar-refractivity contribution in [2.24, 2.45) is 0 Å². The van der Waals surface area contributed by atoms with E-state index in [-0.39, 0.29) is 17.9 Å². The van der Waals surface area contributed by atoms with Gasteiger partial charge in [0.05, 0.1) is 0 Å². The van der Waals surface area contributed by atoms with Crippen molar-refractivity contribution in [3.05, 3.63) is 29.8 Å². The van der Waals surface area contributed by atoms with Crippen molar-refractivity contribution in [2.75, 3.05) is 25.5 Å². The monoisotopic (exact) mass is 303 g/mol. The number of hydrogen-bond acceptors (Lipinski definition) is 3. The molecule has 1 saturated heterocycles. The predicted octanol–water partition coefficient (Wildman–Crippen LogP) is 1.47. The molecule has 2 N–H and O–H groups in total. The number of nitrogens with one attached hydrogen (secondary N) is 2. The molecule has 120 valence electrons. The van der Waals surface area contributed by atoms with E-state index in [1.165, 1.54) is 0 Å². The Hall–Kier alpha value is -2.04. The van der Waals surface area contributed by atoms with Crippen molar-refractivity contribution in [3.8, 4) is 0 Å². The second kappa shape index (κ2) is 7.82. The van der Waals surface area contributed by atoms with Gasteiger partial charge in [-0.1, -0.05) is 12.1 Å². The zero-order valence-corrected chi connectivity index (χ0v) is 13.4. The average Bonchev–Trinajstić information content (AvgIpc) is 2.70. The number of benzene rings is 1. The summed E-state index contributed by atoms with van der Waals surface area (Å²) in [5.41, 5.74) is 2.26. The van der Waals surface area contributed by atoms with Crippen molar-refractivity contribution in [2.45, 2.75) is 38.1 Å². The second-order valence-electron chi connectivity index (χ2n) is 5.97. The summed E-state index contributed by atoms with van der Waals surface area (Å²) >= 11 is 0. The first-order valence-electron chi connectivity index (χ1n) is 7.89. The Kier molecular flexibility index (Phi) is 5.81. The Morgan fingerprint density at radius 1 is 1.36 bits per heavy atom. The summed E-state index contributed by atoms with van der Waals surface area (Å²) in [5.74, 6) is -0.113. The molecular formula is C17H25N3O2. The smallest absolute Gasteiger partial charge is 0.242 e. The van der Waals surface area contributed by atoms with Crippen LogP contribution in [0.25, 0.3) is 0 Å². The maximum absolute atomic E-state index is 12.1. The van der Waals surface area contributed by atoms with Gasteiger partial charge in [-0.2, -0.15) is 0 Å². The molecule has 1 atom stereocenters. The van der Waals surface area contributed by atoms with E-state index in [0.717, 1.165) is 30.5 Å². The molecule has 0 radical (unpaired) electrons. The Bertz CT molecular complexity index is 528. The van der Waals surface area contributed by atoms with Gasteiger partial charge in [0.15, 0.2) is 0 Å². The van der Waals surface area contributed by atoms with E-state index in [2.05, 4.69) is 16.7 Å². The number of amides is 2. The first-order valence-corrected chi connectivity index (χ1v) is 7.89. The van der Waals surface area contributed by atoms with Crippen LogP contribution in [0, 0.1) is 0 Å². The third kappa shape index (κ3) is 4.76. The molecule has 2 amide bonds. The number of aryl methyl sites for hydroxylation is 1. The summed E-state index contributed by atoms with van der Waals surface area (Å²) in [7, 11) is 3.99. The highest BCUT2D eigenvalue weighted by Crippen LogP contribution is 2.14. The maximum atomic E-state index is 12.1. The number of nitrogens with zero attached hydrogens (tertiary/aromatic N) is 1. The Labute approximate surface area is 132 Å². The molecule has 0 saturated carbocycles. The van der Waals surface area contributed by atoms with Gasteiger partial charge in [-0.05, 0) is 43.4 Å². The Morgan fingerprint density at radius 2 is 2.18 bits per heavy atom. The Morgan fingerprint density at radius 3 is 2.95 bits per heavy atom. The third-order valence-electron chi connectivity index (χ3n) is 3.94. The van der Waals surface area contributed by atoms with E-state index in [0.29, 0.717) is 19.4 Å². The van der Waals surface area contributed by atoms with Crippen molar-refractivity contribution in [3.63, 3.8) is 0 Å². The molecule has 1 unspecified atom stereocenters. The van der Waals surface area contributed by atoms with Crippen LogP contribution in [0.15, 0.2) is 24.3 Å². The van der Waals surface area contributed by atoms with Crippen LogP contribution < -0.4 is 15.5 Å². The van der Waals surface area contributed by atoms with Crippen LogP contribution >= 0.6 is 0 Å². The van der Waals surface area contributed by atoms with Crippen molar-refractivity contribution < 1.29 is 9.59 Å². The van der Waals surface area contributed by atoms with Crippen LogP contribution in [-0.2, 0) is 16.0 Å². The summed E-state index contributed by atoms with van der Waals surface area (Å²) in [6.45, 7) is 0.711. The molecule has 0 aromatic heterocycles. The Balaban J connectivity index is 1.84. The van der Waals surface area contributed by atoms with Crippen molar-refractivity contribution in [1.29, 1.82) is 0 Å². The van der Waals surface area contributed by atoms with Crippen LogP contribution in [0.3, 0.4) is 0 Å². The molecule has 1 fully saturated rings. The topological polar surface area (TPSA) is 61.4 Å². The minimum absolute atomic E-state index is 0.0551. The van der Waals surface area contributed by atoms with Crippen LogP contribution in [0.5, 0.6) is 0 Å². The molecule has 0 aliphatic carbocycles. The molecule has 1 aliphatic rings. The molecule has 1 aliphatic heterocycles. The van der Waals surface area contributed by atoms with E-state index < -0.39 is 0 Å². The van der Waals surface area contributed by atoms with Crippen LogP contribution in [0.1, 0.15) is 31.2 Å². The molecule has 1 heterocycles. The van der Waals surface area contributed by atoms with Gasteiger partial charge in [0.1, 0.15) is 6.04 Å². The lowest BCUT2D eigenvalue weighted by molar-refractivity contribution is -0.128. The molecule has 0 spiro atoms. The fourth-order valence-corrected chi connectivity index (χ4v) is 2.59. The number of hydrogen-bond donors (Lipinski definition) is 2. The lowest BCUT2D eigenvalue weighted by Gasteiger charge is -2.16. The van der Waals surface area contributed by atoms with Gasteiger partial charge in [0.2, 0.25) is 11.8 Å². The SMILES string of the molecule is CN(C)c1cccc(CCC(=O)NC2CCCCNC2=O)c1. The van der Waals surface area contributed by atoms with Crippen LogP contribution in [0.2, 0.25) is 0 Å². The minimum Gasteiger partial charge on any atom is -0.378 e. The van der Waals surface area contributed by atoms with Gasteiger partial charge in [0, 0.05) is 32.7 Å². The van der Waals surface area contributed by atoms with Gasteiger partial charge in [0.25, 0.3) is 0 Å². The zero-order valence-electron chi connectivity index (χ0n) is 13.4. The largest absolute Gasteiger partial charge is 0.378 e. The van der Waals surface area contributed by atoms with Crippen LogP contribution in [-0.4, -0.2) is 38.5 Å². The van der Waals surface area contributed by atoms with E-state index in [4.69, 9.17) is 0 Å². The van der Waals surface area contributed by atoms with Crippen molar-refractivity contribution in [1.82, 2.24) is 10.6 Å². The van der Waals surface area contributed by atoms with E-state index >= 15 is 0 Å². The fraction of sp³-hybridized carbons (Fsp3) is 0.529. The normalized spacial score (nSPS) is 18.3. The molecule has 0 bridgehead atoms. The van der Waals surface area contributed by atoms with Gasteiger partial charge in [-0.15, -0.1) is 0 Å². The van der Waals surface area contributed by atoms with Gasteiger partial charge in [-0.25, -0.2) is 0 Å². The predicted molar refractivity (Wildman–Crippen MR) is 87.9 cm³/mol. The lowest BCUT2D eigenvalue weighted by Crippen LogP contribution is -2.45. The molecule has 2 rings (SSSR count).